The Morgan fingerprint density at radius 3 is 3.12 bits per heavy atom. The van der Waals surface area contributed by atoms with Crippen molar-refractivity contribution < 1.29 is 19.4 Å². The summed E-state index contributed by atoms with van der Waals surface area (Å²) in [5.41, 5.74) is 1.27. The van der Waals surface area contributed by atoms with Crippen molar-refractivity contribution in [3.05, 3.63) is 29.3 Å². The van der Waals surface area contributed by atoms with Crippen LogP contribution in [-0.4, -0.2) is 24.3 Å². The van der Waals surface area contributed by atoms with E-state index in [0.29, 0.717) is 36.5 Å². The van der Waals surface area contributed by atoms with E-state index in [2.05, 4.69) is 0 Å². The summed E-state index contributed by atoms with van der Waals surface area (Å²) in [5, 5.41) is 9.64. The van der Waals surface area contributed by atoms with Crippen LogP contribution >= 0.6 is 0 Å². The van der Waals surface area contributed by atoms with Gasteiger partial charge in [0.25, 0.3) is 0 Å². The number of aromatic hydroxyl groups is 1. The number of carbonyl (C=O) groups is 1. The van der Waals surface area contributed by atoms with E-state index in [1.165, 1.54) is 0 Å². The number of benzene rings is 1. The van der Waals surface area contributed by atoms with Gasteiger partial charge in [-0.3, -0.25) is 0 Å². The molecule has 0 saturated heterocycles. The highest BCUT2D eigenvalue weighted by Crippen LogP contribution is 2.34. The number of phenolic OH excluding ortho intramolecular Hbond substituents is 1. The first-order valence-electron chi connectivity index (χ1n) is 5.55. The summed E-state index contributed by atoms with van der Waals surface area (Å²) < 4.78 is 10.4. The largest absolute Gasteiger partial charge is 0.504 e. The predicted octanol–water partition coefficient (Wildman–Crippen LogP) is 2.12. The number of carbonyl (C=O) groups excluding carboxylic acids is 1. The van der Waals surface area contributed by atoms with Crippen molar-refractivity contribution in [2.45, 2.75) is 13.3 Å². The van der Waals surface area contributed by atoms with Crippen molar-refractivity contribution in [2.75, 3.05) is 13.2 Å². The van der Waals surface area contributed by atoms with Gasteiger partial charge in [-0.15, -0.1) is 0 Å². The number of hydrogen-bond donors (Lipinski definition) is 1. The van der Waals surface area contributed by atoms with Crippen molar-refractivity contribution in [1.82, 2.24) is 0 Å². The molecule has 1 aromatic carbocycles. The van der Waals surface area contributed by atoms with E-state index in [0.717, 1.165) is 0 Å². The molecule has 1 aliphatic heterocycles. The Morgan fingerprint density at radius 2 is 2.35 bits per heavy atom. The second-order valence-corrected chi connectivity index (χ2v) is 3.68. The number of esters is 1. The monoisotopic (exact) mass is 234 g/mol. The fourth-order valence-electron chi connectivity index (χ4n) is 1.72. The maximum Gasteiger partial charge on any atom is 0.334 e. The lowest BCUT2D eigenvalue weighted by molar-refractivity contribution is -0.138. The Bertz CT molecular complexity index is 462. The van der Waals surface area contributed by atoms with Gasteiger partial charge in [-0.05, 0) is 19.1 Å². The van der Waals surface area contributed by atoms with Crippen LogP contribution in [0.4, 0.5) is 0 Å². The predicted molar refractivity (Wildman–Crippen MR) is 62.8 cm³/mol. The lowest BCUT2D eigenvalue weighted by Gasteiger charge is -2.07. The lowest BCUT2D eigenvalue weighted by Crippen LogP contribution is -2.09. The zero-order valence-electron chi connectivity index (χ0n) is 9.60. The second kappa shape index (κ2) is 4.91. The first-order chi connectivity index (χ1) is 8.22. The minimum absolute atomic E-state index is 0.0869. The van der Waals surface area contributed by atoms with E-state index in [1.807, 2.05) is 0 Å². The smallest absolute Gasteiger partial charge is 0.334 e. The molecule has 0 amide bonds. The van der Waals surface area contributed by atoms with Gasteiger partial charge >= 0.3 is 5.97 Å². The third-order valence-electron chi connectivity index (χ3n) is 2.51. The summed E-state index contributed by atoms with van der Waals surface area (Å²) in [5.74, 6) is 0.183. The number of fused-ring (bicyclic) bond motifs is 1. The van der Waals surface area contributed by atoms with Crippen LogP contribution in [0.15, 0.2) is 23.8 Å². The molecule has 0 unspecified atom stereocenters. The van der Waals surface area contributed by atoms with Crippen LogP contribution in [-0.2, 0) is 9.53 Å². The molecule has 0 saturated carbocycles. The number of rotatable bonds is 2. The van der Waals surface area contributed by atoms with Crippen LogP contribution in [0.3, 0.4) is 0 Å². The molecule has 1 heterocycles. The summed E-state index contributed by atoms with van der Waals surface area (Å²) in [6, 6.07) is 5.06. The Hall–Kier alpha value is -1.97. The molecule has 0 fully saturated rings. The minimum atomic E-state index is -0.327. The molecule has 1 aliphatic rings. The number of ether oxygens (including phenoxy) is 2. The molecule has 2 rings (SSSR count). The third-order valence-corrected chi connectivity index (χ3v) is 2.51. The lowest BCUT2D eigenvalue weighted by atomic mass is 10.1. The van der Waals surface area contributed by atoms with E-state index < -0.39 is 0 Å². The molecular formula is C13H14O4. The summed E-state index contributed by atoms with van der Waals surface area (Å²) in [4.78, 5) is 11.6. The van der Waals surface area contributed by atoms with Gasteiger partial charge in [0.2, 0.25) is 0 Å². The fourth-order valence-corrected chi connectivity index (χ4v) is 1.72. The van der Waals surface area contributed by atoms with Gasteiger partial charge in [0.05, 0.1) is 13.2 Å². The molecule has 1 N–H and O–H groups in total. The van der Waals surface area contributed by atoms with Gasteiger partial charge in [-0.25, -0.2) is 4.79 Å². The van der Waals surface area contributed by atoms with Crippen LogP contribution in [0.2, 0.25) is 0 Å². The molecule has 4 nitrogen and oxygen atoms in total. The Labute approximate surface area is 99.5 Å². The maximum absolute atomic E-state index is 11.6. The average molecular weight is 234 g/mol. The zero-order chi connectivity index (χ0) is 12.3. The molecule has 0 bridgehead atoms. The van der Waals surface area contributed by atoms with Crippen molar-refractivity contribution in [3.63, 3.8) is 0 Å². The Balaban J connectivity index is 2.35. The molecule has 17 heavy (non-hydrogen) atoms. The van der Waals surface area contributed by atoms with Gasteiger partial charge < -0.3 is 14.6 Å². The zero-order valence-corrected chi connectivity index (χ0v) is 9.60. The topological polar surface area (TPSA) is 55.8 Å². The Morgan fingerprint density at radius 1 is 1.53 bits per heavy atom. The van der Waals surface area contributed by atoms with Crippen molar-refractivity contribution >= 4 is 12.0 Å². The van der Waals surface area contributed by atoms with E-state index in [4.69, 9.17) is 9.47 Å². The van der Waals surface area contributed by atoms with E-state index >= 15 is 0 Å². The number of hydrogen-bond acceptors (Lipinski definition) is 4. The van der Waals surface area contributed by atoms with Crippen molar-refractivity contribution in [1.29, 1.82) is 0 Å². The van der Waals surface area contributed by atoms with Gasteiger partial charge in [-0.1, -0.05) is 12.1 Å². The van der Waals surface area contributed by atoms with Crippen LogP contribution in [0.1, 0.15) is 18.9 Å². The Kier molecular flexibility index (Phi) is 3.32. The highest BCUT2D eigenvalue weighted by molar-refractivity contribution is 5.94. The van der Waals surface area contributed by atoms with Gasteiger partial charge in [0.1, 0.15) is 0 Å². The number of phenols is 1. The second-order valence-electron chi connectivity index (χ2n) is 3.68. The van der Waals surface area contributed by atoms with Crippen molar-refractivity contribution in [2.24, 2.45) is 0 Å². The quantitative estimate of drug-likeness (QED) is 0.796. The maximum atomic E-state index is 11.6. The van der Waals surface area contributed by atoms with Crippen LogP contribution in [0.5, 0.6) is 11.5 Å². The molecule has 0 aliphatic carbocycles. The molecular weight excluding hydrogens is 220 g/mol. The summed E-state index contributed by atoms with van der Waals surface area (Å²) in [7, 11) is 0. The SMILES string of the molecule is CCOC(=O)C1=Cc2cccc(O)c2OCC1. The molecule has 1 aromatic rings. The first-order valence-corrected chi connectivity index (χ1v) is 5.55. The van der Waals surface area contributed by atoms with Crippen molar-refractivity contribution in [3.8, 4) is 11.5 Å². The molecule has 0 spiro atoms. The molecule has 0 atom stereocenters. The van der Waals surface area contributed by atoms with Crippen LogP contribution in [0.25, 0.3) is 6.08 Å². The number of para-hydroxylation sites is 1. The molecule has 4 heteroatoms. The van der Waals surface area contributed by atoms with Gasteiger partial charge in [0.15, 0.2) is 11.5 Å². The fraction of sp³-hybridized carbons (Fsp3) is 0.308. The minimum Gasteiger partial charge on any atom is -0.504 e. The normalized spacial score (nSPS) is 14.1. The van der Waals surface area contributed by atoms with E-state index in [-0.39, 0.29) is 11.7 Å². The highest BCUT2D eigenvalue weighted by Gasteiger charge is 2.17. The summed E-state index contributed by atoms with van der Waals surface area (Å²) in [6.07, 6.45) is 2.19. The summed E-state index contributed by atoms with van der Waals surface area (Å²) in [6.45, 7) is 2.48. The van der Waals surface area contributed by atoms with Gasteiger partial charge in [-0.2, -0.15) is 0 Å². The van der Waals surface area contributed by atoms with E-state index in [9.17, 15) is 9.90 Å². The molecule has 0 aromatic heterocycles. The van der Waals surface area contributed by atoms with Gasteiger partial charge in [0, 0.05) is 17.6 Å². The summed E-state index contributed by atoms with van der Waals surface area (Å²) >= 11 is 0. The highest BCUT2D eigenvalue weighted by atomic mass is 16.5. The standard InChI is InChI=1S/C13H14O4/c1-2-16-13(15)10-6-7-17-12-9(8-10)4-3-5-11(12)14/h3-5,8,14H,2,6-7H2,1H3. The van der Waals surface area contributed by atoms with Crippen LogP contribution < -0.4 is 4.74 Å². The average Bonchev–Trinajstić information content (AvgIpc) is 2.52. The van der Waals surface area contributed by atoms with E-state index in [1.54, 1.807) is 31.2 Å². The third kappa shape index (κ3) is 2.41. The van der Waals surface area contributed by atoms with Crippen LogP contribution in [0, 0.1) is 0 Å². The first kappa shape index (κ1) is 11.5. The molecule has 0 radical (unpaired) electrons. The molecule has 90 valence electrons.